The van der Waals surface area contributed by atoms with Crippen LogP contribution in [0.4, 0.5) is 5.69 Å². The van der Waals surface area contributed by atoms with Gasteiger partial charge in [-0.2, -0.15) is 0 Å². The molecule has 1 atom stereocenters. The van der Waals surface area contributed by atoms with Crippen molar-refractivity contribution in [3.05, 3.63) is 24.3 Å². The second-order valence-corrected chi connectivity index (χ2v) is 7.23. The zero-order chi connectivity index (χ0) is 15.3. The molecule has 0 spiro atoms. The Morgan fingerprint density at radius 2 is 1.81 bits per heavy atom. The molecule has 1 fully saturated rings. The summed E-state index contributed by atoms with van der Waals surface area (Å²) in [5.41, 5.74) is 3.15. The van der Waals surface area contributed by atoms with E-state index in [-0.39, 0.29) is 10.9 Å². The van der Waals surface area contributed by atoms with E-state index in [1.54, 1.807) is 24.3 Å². The number of hydrogen-bond donors (Lipinski definition) is 3. The average molecular weight is 312 g/mol. The predicted molar refractivity (Wildman–Crippen MR) is 84.3 cm³/mol. The number of anilines is 1. The minimum absolute atomic E-state index is 0.213. The summed E-state index contributed by atoms with van der Waals surface area (Å²) >= 11 is 0. The monoisotopic (exact) mass is 312 g/mol. The van der Waals surface area contributed by atoms with Crippen molar-refractivity contribution in [2.45, 2.75) is 37.1 Å². The second kappa shape index (κ2) is 7.22. The number of nitrogens with two attached hydrogens (primary N) is 1. The molecule has 1 aliphatic heterocycles. The highest BCUT2D eigenvalue weighted by Crippen LogP contribution is 2.14. The molecule has 0 bridgehead atoms. The molecule has 118 valence electrons. The molecule has 6 nitrogen and oxygen atoms in total. The summed E-state index contributed by atoms with van der Waals surface area (Å²) in [7, 11) is -3.46. The number of piperidine rings is 1. The predicted octanol–water partition coefficient (Wildman–Crippen LogP) is 1.12. The Kier molecular flexibility index (Phi) is 5.58. The Balaban J connectivity index is 1.93. The fourth-order valence-electron chi connectivity index (χ4n) is 2.53. The Hall–Kier alpha value is -1.15. The molecule has 0 radical (unpaired) electrons. The van der Waals surface area contributed by atoms with Gasteiger partial charge in [0.15, 0.2) is 0 Å². The molecular weight excluding hydrogens is 288 g/mol. The number of nitrogens with one attached hydrogen (secondary N) is 2. The van der Waals surface area contributed by atoms with E-state index in [4.69, 9.17) is 5.84 Å². The highest BCUT2D eigenvalue weighted by atomic mass is 32.2. The van der Waals surface area contributed by atoms with Gasteiger partial charge >= 0.3 is 0 Å². The van der Waals surface area contributed by atoms with E-state index in [0.29, 0.717) is 12.2 Å². The van der Waals surface area contributed by atoms with Crippen molar-refractivity contribution in [3.8, 4) is 0 Å². The summed E-state index contributed by atoms with van der Waals surface area (Å²) in [6, 6.07) is 6.59. The van der Waals surface area contributed by atoms with Crippen LogP contribution in [0.25, 0.3) is 0 Å². The molecule has 1 aliphatic rings. The van der Waals surface area contributed by atoms with Gasteiger partial charge in [0.05, 0.1) is 4.90 Å². The number of nitrogens with zero attached hydrogens (tertiary/aromatic N) is 1. The fraction of sp³-hybridized carbons (Fsp3) is 0.571. The van der Waals surface area contributed by atoms with Crippen LogP contribution in [0, 0.1) is 0 Å². The average Bonchev–Trinajstić information content (AvgIpc) is 2.53. The lowest BCUT2D eigenvalue weighted by atomic mass is 10.1. The zero-order valence-electron chi connectivity index (χ0n) is 12.4. The van der Waals surface area contributed by atoms with Gasteiger partial charge in [-0.05, 0) is 57.1 Å². The minimum Gasteiger partial charge on any atom is -0.324 e. The van der Waals surface area contributed by atoms with Crippen molar-refractivity contribution in [1.29, 1.82) is 0 Å². The first-order chi connectivity index (χ1) is 10.0. The van der Waals surface area contributed by atoms with E-state index in [2.05, 4.69) is 22.0 Å². The molecular formula is C14H24N4O2S. The molecule has 1 saturated heterocycles. The number of nitrogen functional groups attached to an aromatic ring is 1. The van der Waals surface area contributed by atoms with Gasteiger partial charge in [0.2, 0.25) is 10.0 Å². The SMILES string of the molecule is CC(CNS(=O)(=O)c1ccc(NN)cc1)N1CCCCC1. The van der Waals surface area contributed by atoms with E-state index >= 15 is 0 Å². The molecule has 7 heteroatoms. The van der Waals surface area contributed by atoms with Crippen molar-refractivity contribution in [1.82, 2.24) is 9.62 Å². The quantitative estimate of drug-likeness (QED) is 0.541. The van der Waals surface area contributed by atoms with E-state index in [0.717, 1.165) is 13.1 Å². The van der Waals surface area contributed by atoms with Crippen molar-refractivity contribution < 1.29 is 8.42 Å². The molecule has 0 aliphatic carbocycles. The number of benzene rings is 1. The molecule has 0 aromatic heterocycles. The summed E-state index contributed by atoms with van der Waals surface area (Å²) in [5, 5.41) is 0. The largest absolute Gasteiger partial charge is 0.324 e. The number of hydrogen-bond acceptors (Lipinski definition) is 5. The van der Waals surface area contributed by atoms with Crippen LogP contribution >= 0.6 is 0 Å². The zero-order valence-corrected chi connectivity index (χ0v) is 13.2. The Bertz CT molecular complexity index is 539. The molecule has 0 amide bonds. The molecule has 21 heavy (non-hydrogen) atoms. The Labute approximate surface area is 126 Å². The molecule has 4 N–H and O–H groups in total. The fourth-order valence-corrected chi connectivity index (χ4v) is 3.65. The van der Waals surface area contributed by atoms with E-state index in [1.807, 2.05) is 0 Å². The maximum Gasteiger partial charge on any atom is 0.240 e. The highest BCUT2D eigenvalue weighted by Gasteiger charge is 2.20. The van der Waals surface area contributed by atoms with Crippen molar-refractivity contribution in [2.75, 3.05) is 25.1 Å². The maximum absolute atomic E-state index is 12.2. The van der Waals surface area contributed by atoms with Crippen LogP contribution in [-0.4, -0.2) is 39.0 Å². The third kappa shape index (κ3) is 4.41. The molecule has 1 aromatic carbocycles. The summed E-state index contributed by atoms with van der Waals surface area (Å²) in [4.78, 5) is 2.60. The van der Waals surface area contributed by atoms with E-state index in [1.165, 1.54) is 19.3 Å². The number of rotatable bonds is 6. The first-order valence-electron chi connectivity index (χ1n) is 7.33. The topological polar surface area (TPSA) is 87.5 Å². The van der Waals surface area contributed by atoms with Gasteiger partial charge in [-0.1, -0.05) is 6.42 Å². The first-order valence-corrected chi connectivity index (χ1v) is 8.81. The summed E-state index contributed by atoms with van der Waals surface area (Å²) < 4.78 is 27.2. The third-order valence-corrected chi connectivity index (χ3v) is 5.35. The van der Waals surface area contributed by atoms with Crippen molar-refractivity contribution in [3.63, 3.8) is 0 Å². The summed E-state index contributed by atoms with van der Waals surface area (Å²) in [6.45, 7) is 4.61. The smallest absolute Gasteiger partial charge is 0.240 e. The van der Waals surface area contributed by atoms with Crippen molar-refractivity contribution >= 4 is 15.7 Å². The maximum atomic E-state index is 12.2. The Morgan fingerprint density at radius 1 is 1.19 bits per heavy atom. The van der Waals surface area contributed by atoms with Gasteiger partial charge in [0.25, 0.3) is 0 Å². The molecule has 1 unspecified atom stereocenters. The van der Waals surface area contributed by atoms with Gasteiger partial charge in [0, 0.05) is 18.3 Å². The Morgan fingerprint density at radius 3 is 2.38 bits per heavy atom. The van der Waals surface area contributed by atoms with Crippen LogP contribution in [0.2, 0.25) is 0 Å². The lowest BCUT2D eigenvalue weighted by Gasteiger charge is -2.32. The van der Waals surface area contributed by atoms with Crippen LogP contribution in [0.3, 0.4) is 0 Å². The van der Waals surface area contributed by atoms with Gasteiger partial charge in [-0.25, -0.2) is 13.1 Å². The molecule has 1 heterocycles. The minimum atomic E-state index is -3.46. The normalized spacial score (nSPS) is 18.4. The van der Waals surface area contributed by atoms with Gasteiger partial charge in [-0.15, -0.1) is 0 Å². The van der Waals surface area contributed by atoms with Gasteiger partial charge < -0.3 is 5.43 Å². The first kappa shape index (κ1) is 16.2. The van der Waals surface area contributed by atoms with Crippen LogP contribution in [-0.2, 0) is 10.0 Å². The van der Waals surface area contributed by atoms with E-state index < -0.39 is 10.0 Å². The standard InChI is InChI=1S/C14H24N4O2S/c1-12(18-9-3-2-4-10-18)11-16-21(19,20)14-7-5-13(17-15)6-8-14/h5-8,12,16-17H,2-4,9-11,15H2,1H3. The van der Waals surface area contributed by atoms with Gasteiger partial charge in [-0.3, -0.25) is 10.7 Å². The highest BCUT2D eigenvalue weighted by molar-refractivity contribution is 7.89. The summed E-state index contributed by atoms with van der Waals surface area (Å²) in [6.07, 6.45) is 3.67. The molecule has 2 rings (SSSR count). The molecule has 1 aromatic rings. The lowest BCUT2D eigenvalue weighted by Crippen LogP contribution is -2.44. The number of sulfonamides is 1. The van der Waals surface area contributed by atoms with E-state index in [9.17, 15) is 8.42 Å². The van der Waals surface area contributed by atoms with Crippen molar-refractivity contribution in [2.24, 2.45) is 5.84 Å². The van der Waals surface area contributed by atoms with Crippen LogP contribution in [0.5, 0.6) is 0 Å². The number of hydrazine groups is 1. The lowest BCUT2D eigenvalue weighted by molar-refractivity contribution is 0.175. The van der Waals surface area contributed by atoms with Crippen LogP contribution < -0.4 is 16.0 Å². The second-order valence-electron chi connectivity index (χ2n) is 5.47. The third-order valence-electron chi connectivity index (χ3n) is 3.91. The molecule has 0 saturated carbocycles. The van der Waals surface area contributed by atoms with Gasteiger partial charge in [0.1, 0.15) is 0 Å². The van der Waals surface area contributed by atoms with Crippen LogP contribution in [0.15, 0.2) is 29.2 Å². The summed E-state index contributed by atoms with van der Waals surface area (Å²) in [5.74, 6) is 5.27. The number of likely N-dealkylation sites (tertiary alicyclic amines) is 1. The van der Waals surface area contributed by atoms with Crippen LogP contribution in [0.1, 0.15) is 26.2 Å².